The Balaban J connectivity index is 1.57. The van der Waals surface area contributed by atoms with Crippen LogP contribution >= 0.6 is 50.5 Å². The summed E-state index contributed by atoms with van der Waals surface area (Å²) in [5, 5.41) is 2.98. The number of hydrogen-bond acceptors (Lipinski definition) is 6. The number of para-hydroxylation sites is 1. The maximum Gasteiger partial charge on any atom is 0.338 e. The molecule has 12 heteroatoms. The van der Waals surface area contributed by atoms with Crippen LogP contribution in [0.2, 0.25) is 10.0 Å². The van der Waals surface area contributed by atoms with Crippen molar-refractivity contribution < 1.29 is 22.7 Å². The van der Waals surface area contributed by atoms with Crippen molar-refractivity contribution in [3.8, 4) is 0 Å². The molecule has 7 nitrogen and oxygen atoms in total. The molecule has 0 aliphatic carbocycles. The molecule has 0 aliphatic heterocycles. The number of benzene rings is 2. The molecule has 0 fully saturated rings. The second-order valence-corrected chi connectivity index (χ2v) is 11.1. The SMILES string of the molecule is O=C(COC(=O)c1ccc(NS(=O)(=O)c2ccc(Br)s2)cc1)Nc1c(Cl)cccc1Cl. The molecule has 1 aromatic heterocycles. The van der Waals surface area contributed by atoms with E-state index in [9.17, 15) is 18.0 Å². The highest BCUT2D eigenvalue weighted by molar-refractivity contribution is 9.11. The normalized spacial score (nSPS) is 11.1. The molecule has 0 spiro atoms. The first-order chi connectivity index (χ1) is 14.7. The molecule has 162 valence electrons. The van der Waals surface area contributed by atoms with Crippen molar-refractivity contribution in [3.63, 3.8) is 0 Å². The number of thiophene rings is 1. The molecule has 0 radical (unpaired) electrons. The second-order valence-electron chi connectivity index (χ2n) is 5.96. The van der Waals surface area contributed by atoms with Crippen molar-refractivity contribution in [3.05, 3.63) is 74.0 Å². The van der Waals surface area contributed by atoms with Gasteiger partial charge in [-0.3, -0.25) is 9.52 Å². The van der Waals surface area contributed by atoms with E-state index in [1.165, 1.54) is 30.3 Å². The molecule has 0 saturated heterocycles. The predicted molar refractivity (Wildman–Crippen MR) is 125 cm³/mol. The number of rotatable bonds is 7. The number of halogens is 3. The van der Waals surface area contributed by atoms with Gasteiger partial charge in [-0.2, -0.15) is 0 Å². The Morgan fingerprint density at radius 1 is 1.00 bits per heavy atom. The lowest BCUT2D eigenvalue weighted by Gasteiger charge is -2.10. The van der Waals surface area contributed by atoms with Crippen LogP contribution in [0, 0.1) is 0 Å². The Hall–Kier alpha value is -2.11. The molecule has 3 rings (SSSR count). The minimum absolute atomic E-state index is 0.144. The van der Waals surface area contributed by atoms with Gasteiger partial charge in [0.05, 0.1) is 25.1 Å². The van der Waals surface area contributed by atoms with Crippen LogP contribution < -0.4 is 10.0 Å². The first-order valence-electron chi connectivity index (χ1n) is 8.45. The highest BCUT2D eigenvalue weighted by atomic mass is 79.9. The van der Waals surface area contributed by atoms with Crippen LogP contribution in [0.1, 0.15) is 10.4 Å². The Morgan fingerprint density at radius 3 is 2.23 bits per heavy atom. The van der Waals surface area contributed by atoms with Gasteiger partial charge >= 0.3 is 5.97 Å². The fraction of sp³-hybridized carbons (Fsp3) is 0.0526. The zero-order valence-corrected chi connectivity index (χ0v) is 20.1. The van der Waals surface area contributed by atoms with Crippen molar-refractivity contribution in [1.29, 1.82) is 0 Å². The number of esters is 1. The Labute approximate surface area is 200 Å². The van der Waals surface area contributed by atoms with Gasteiger partial charge in [0.15, 0.2) is 6.61 Å². The molecule has 2 N–H and O–H groups in total. The van der Waals surface area contributed by atoms with E-state index >= 15 is 0 Å². The minimum Gasteiger partial charge on any atom is -0.452 e. The predicted octanol–water partition coefficient (Wildman–Crippen LogP) is 5.41. The van der Waals surface area contributed by atoms with Gasteiger partial charge in [0.1, 0.15) is 4.21 Å². The quantitative estimate of drug-likeness (QED) is 0.374. The van der Waals surface area contributed by atoms with Crippen LogP contribution in [0.25, 0.3) is 0 Å². The molecule has 31 heavy (non-hydrogen) atoms. The Kier molecular flexibility index (Phi) is 7.60. The molecular formula is C19H13BrCl2N2O5S2. The molecule has 0 bridgehead atoms. The van der Waals surface area contributed by atoms with E-state index in [-0.39, 0.29) is 31.2 Å². The highest BCUT2D eigenvalue weighted by Gasteiger charge is 2.17. The molecule has 0 aliphatic rings. The van der Waals surface area contributed by atoms with Crippen molar-refractivity contribution in [2.24, 2.45) is 0 Å². The van der Waals surface area contributed by atoms with Crippen LogP contribution in [0.5, 0.6) is 0 Å². The third-order valence-electron chi connectivity index (χ3n) is 3.75. The van der Waals surface area contributed by atoms with Crippen LogP contribution in [0.15, 0.2) is 62.6 Å². The topological polar surface area (TPSA) is 102 Å². The molecule has 0 saturated carbocycles. The summed E-state index contributed by atoms with van der Waals surface area (Å²) in [4.78, 5) is 24.2. The van der Waals surface area contributed by atoms with E-state index in [2.05, 4.69) is 26.0 Å². The van der Waals surface area contributed by atoms with Crippen LogP contribution in [-0.4, -0.2) is 26.9 Å². The number of carbonyl (C=O) groups is 2. The minimum atomic E-state index is -3.74. The summed E-state index contributed by atoms with van der Waals surface area (Å²) in [5.74, 6) is -1.37. The summed E-state index contributed by atoms with van der Waals surface area (Å²) in [5.41, 5.74) is 0.638. The first kappa shape index (κ1) is 23.6. The smallest absolute Gasteiger partial charge is 0.338 e. The summed E-state index contributed by atoms with van der Waals surface area (Å²) < 4.78 is 32.9. The molecule has 1 amide bonds. The standard InChI is InChI=1S/C19H13BrCl2N2O5S2/c20-15-8-9-17(30-15)31(27,28)24-12-6-4-11(5-7-12)19(26)29-10-16(25)23-18-13(21)2-1-3-14(18)22/h1-9,24H,10H2,(H,23,25). The summed E-state index contributed by atoms with van der Waals surface area (Å²) >= 11 is 16.2. The van der Waals surface area contributed by atoms with Crippen molar-refractivity contribution in [2.45, 2.75) is 4.21 Å². The van der Waals surface area contributed by atoms with Crippen molar-refractivity contribution in [2.75, 3.05) is 16.6 Å². The van der Waals surface area contributed by atoms with Gasteiger partial charge in [-0.25, -0.2) is 13.2 Å². The summed E-state index contributed by atoms with van der Waals surface area (Å²) in [7, 11) is -3.74. The van der Waals surface area contributed by atoms with Crippen LogP contribution in [0.4, 0.5) is 11.4 Å². The van der Waals surface area contributed by atoms with E-state index in [0.29, 0.717) is 3.79 Å². The van der Waals surface area contributed by atoms with E-state index in [1.54, 1.807) is 24.3 Å². The monoisotopic (exact) mass is 562 g/mol. The summed E-state index contributed by atoms with van der Waals surface area (Å²) in [6.45, 7) is -0.554. The number of ether oxygens (including phenoxy) is 1. The second kappa shape index (κ2) is 10.0. The van der Waals surface area contributed by atoms with Crippen LogP contribution in [0.3, 0.4) is 0 Å². The fourth-order valence-corrected chi connectivity index (χ4v) is 5.89. The van der Waals surface area contributed by atoms with E-state index < -0.39 is 28.5 Å². The van der Waals surface area contributed by atoms with Crippen molar-refractivity contribution in [1.82, 2.24) is 0 Å². The van der Waals surface area contributed by atoms with Crippen molar-refractivity contribution >= 4 is 83.7 Å². The molecule has 2 aromatic carbocycles. The molecule has 3 aromatic rings. The van der Waals surface area contributed by atoms with Crippen LogP contribution in [-0.2, 0) is 19.6 Å². The Bertz CT molecular complexity index is 1210. The molecular weight excluding hydrogens is 551 g/mol. The van der Waals surface area contributed by atoms with E-state index in [4.69, 9.17) is 27.9 Å². The third kappa shape index (κ3) is 6.20. The average molecular weight is 564 g/mol. The maximum absolute atomic E-state index is 12.3. The van der Waals surface area contributed by atoms with E-state index in [0.717, 1.165) is 11.3 Å². The maximum atomic E-state index is 12.3. The number of amides is 1. The molecule has 0 atom stereocenters. The molecule has 0 unspecified atom stereocenters. The third-order valence-corrected chi connectivity index (χ3v) is 7.87. The largest absolute Gasteiger partial charge is 0.452 e. The summed E-state index contributed by atoms with van der Waals surface area (Å²) in [6, 6.07) is 13.5. The lowest BCUT2D eigenvalue weighted by atomic mass is 10.2. The van der Waals surface area contributed by atoms with Gasteiger partial charge in [0, 0.05) is 5.69 Å². The number of hydrogen-bond donors (Lipinski definition) is 2. The van der Waals surface area contributed by atoms with Gasteiger partial charge < -0.3 is 10.1 Å². The highest BCUT2D eigenvalue weighted by Crippen LogP contribution is 2.30. The first-order valence-corrected chi connectivity index (χ1v) is 12.3. The Morgan fingerprint density at radius 2 is 1.65 bits per heavy atom. The number of nitrogens with one attached hydrogen (secondary N) is 2. The number of sulfonamides is 1. The van der Waals surface area contributed by atoms with Gasteiger partial charge in [0.2, 0.25) is 0 Å². The fourth-order valence-electron chi connectivity index (χ4n) is 2.33. The van der Waals surface area contributed by atoms with E-state index in [1.807, 2.05) is 0 Å². The average Bonchev–Trinajstić information content (AvgIpc) is 3.17. The number of anilines is 2. The summed E-state index contributed by atoms with van der Waals surface area (Å²) in [6.07, 6.45) is 0. The lowest BCUT2D eigenvalue weighted by Crippen LogP contribution is -2.21. The zero-order valence-electron chi connectivity index (χ0n) is 15.4. The lowest BCUT2D eigenvalue weighted by molar-refractivity contribution is -0.119. The zero-order chi connectivity index (χ0) is 22.6. The van der Waals surface area contributed by atoms with Gasteiger partial charge in [-0.05, 0) is 64.5 Å². The van der Waals surface area contributed by atoms with Gasteiger partial charge in [-0.1, -0.05) is 29.3 Å². The van der Waals surface area contributed by atoms with Gasteiger partial charge in [0.25, 0.3) is 15.9 Å². The van der Waals surface area contributed by atoms with Gasteiger partial charge in [-0.15, -0.1) is 11.3 Å². The number of carbonyl (C=O) groups excluding carboxylic acids is 2. The molecule has 1 heterocycles.